The number of aryl methyl sites for hydroxylation is 1. The van der Waals surface area contributed by atoms with E-state index in [1.165, 1.54) is 6.07 Å². The van der Waals surface area contributed by atoms with Crippen LogP contribution in [0.1, 0.15) is 48.5 Å². The number of benzene rings is 1. The maximum atomic E-state index is 13.3. The van der Waals surface area contributed by atoms with E-state index in [0.29, 0.717) is 25.0 Å². The Balaban J connectivity index is 1.73. The van der Waals surface area contributed by atoms with E-state index in [-0.39, 0.29) is 36.3 Å². The van der Waals surface area contributed by atoms with Gasteiger partial charge >= 0.3 is 0 Å². The van der Waals surface area contributed by atoms with Gasteiger partial charge in [-0.1, -0.05) is 49.3 Å². The van der Waals surface area contributed by atoms with E-state index < -0.39 is 35.8 Å². The maximum absolute atomic E-state index is 13.3. The number of rotatable bonds is 12. The summed E-state index contributed by atoms with van der Waals surface area (Å²) in [5.41, 5.74) is 0.836. The summed E-state index contributed by atoms with van der Waals surface area (Å²) >= 11 is 0. The molecular weight excluding hydrogens is 478 g/mol. The summed E-state index contributed by atoms with van der Waals surface area (Å²) in [5, 5.41) is 14.4. The predicted molar refractivity (Wildman–Crippen MR) is 133 cm³/mol. The summed E-state index contributed by atoms with van der Waals surface area (Å²) < 4.78 is 4.93. The summed E-state index contributed by atoms with van der Waals surface area (Å²) in [7, 11) is 0. The van der Waals surface area contributed by atoms with Crippen molar-refractivity contribution in [2.45, 2.75) is 58.2 Å². The van der Waals surface area contributed by atoms with Gasteiger partial charge < -0.3 is 30.6 Å². The Morgan fingerprint density at radius 2 is 1.86 bits per heavy atom. The first-order chi connectivity index (χ1) is 17.7. The van der Waals surface area contributed by atoms with Crippen LogP contribution in [0.25, 0.3) is 0 Å². The molecule has 0 radical (unpaired) electrons. The number of aldehydes is 1. The number of hydrogen-bond donors (Lipinski definition) is 4. The molecule has 37 heavy (non-hydrogen) atoms. The first-order valence-corrected chi connectivity index (χ1v) is 12.3. The van der Waals surface area contributed by atoms with Crippen molar-refractivity contribution in [3.63, 3.8) is 0 Å². The topological polar surface area (TPSA) is 160 Å². The van der Waals surface area contributed by atoms with Crippen molar-refractivity contribution >= 4 is 29.9 Å². The van der Waals surface area contributed by atoms with Crippen molar-refractivity contribution in [2.24, 2.45) is 11.8 Å². The summed E-state index contributed by atoms with van der Waals surface area (Å²) in [6.07, 6.45) is 1.52. The van der Waals surface area contributed by atoms with Gasteiger partial charge in [-0.3, -0.25) is 19.2 Å². The molecule has 11 nitrogen and oxygen atoms in total. The van der Waals surface area contributed by atoms with Crippen molar-refractivity contribution in [1.82, 2.24) is 26.4 Å². The molecule has 1 fully saturated rings. The monoisotopic (exact) mass is 511 g/mol. The number of aromatic nitrogens is 1. The summed E-state index contributed by atoms with van der Waals surface area (Å²) in [5.74, 6) is -2.06. The Kier molecular flexibility index (Phi) is 9.53. The van der Waals surface area contributed by atoms with Gasteiger partial charge in [-0.15, -0.1) is 0 Å². The highest BCUT2D eigenvalue weighted by Gasteiger charge is 2.32. The second-order valence-corrected chi connectivity index (χ2v) is 9.53. The van der Waals surface area contributed by atoms with Gasteiger partial charge in [0.25, 0.3) is 5.91 Å². The molecule has 1 aliphatic heterocycles. The Bertz CT molecular complexity index is 1120. The van der Waals surface area contributed by atoms with E-state index in [0.717, 1.165) is 5.56 Å². The molecule has 1 aromatic carbocycles. The number of nitrogens with one attached hydrogen (secondary N) is 4. The van der Waals surface area contributed by atoms with Gasteiger partial charge in [-0.2, -0.15) is 0 Å². The molecule has 0 saturated carbocycles. The molecule has 4 N–H and O–H groups in total. The molecule has 4 atom stereocenters. The van der Waals surface area contributed by atoms with Crippen molar-refractivity contribution in [2.75, 3.05) is 6.54 Å². The van der Waals surface area contributed by atoms with Crippen molar-refractivity contribution < 1.29 is 28.5 Å². The number of nitrogens with zero attached hydrogens (tertiary/aromatic N) is 1. The average Bonchev–Trinajstić information content (AvgIpc) is 3.49. The second kappa shape index (κ2) is 12.8. The second-order valence-electron chi connectivity index (χ2n) is 9.53. The van der Waals surface area contributed by atoms with Crippen LogP contribution in [-0.4, -0.2) is 59.7 Å². The number of carbonyl (C=O) groups is 5. The third-order valence-electron chi connectivity index (χ3n) is 6.21. The van der Waals surface area contributed by atoms with Crippen LogP contribution in [-0.2, 0) is 25.6 Å². The number of amides is 4. The van der Waals surface area contributed by atoms with Gasteiger partial charge in [-0.25, -0.2) is 0 Å². The summed E-state index contributed by atoms with van der Waals surface area (Å²) in [6.45, 7) is 5.71. The van der Waals surface area contributed by atoms with Gasteiger partial charge in [0.05, 0.1) is 6.04 Å². The van der Waals surface area contributed by atoms with Gasteiger partial charge in [0, 0.05) is 24.9 Å². The van der Waals surface area contributed by atoms with Crippen LogP contribution in [0.3, 0.4) is 0 Å². The van der Waals surface area contributed by atoms with Crippen LogP contribution in [0.5, 0.6) is 0 Å². The van der Waals surface area contributed by atoms with Crippen LogP contribution in [0, 0.1) is 18.8 Å². The first kappa shape index (κ1) is 27.6. The third-order valence-corrected chi connectivity index (χ3v) is 6.21. The van der Waals surface area contributed by atoms with Gasteiger partial charge in [0.1, 0.15) is 24.1 Å². The average molecular weight is 512 g/mol. The number of hydrogen-bond acceptors (Lipinski definition) is 7. The van der Waals surface area contributed by atoms with E-state index in [9.17, 15) is 24.0 Å². The van der Waals surface area contributed by atoms with Gasteiger partial charge in [0.2, 0.25) is 17.7 Å². The molecule has 0 spiro atoms. The normalized spacial score (nSPS) is 17.4. The molecule has 2 aromatic rings. The molecule has 3 rings (SSSR count). The lowest BCUT2D eigenvalue weighted by molar-refractivity contribution is -0.131. The minimum Gasteiger partial charge on any atom is -0.361 e. The summed E-state index contributed by atoms with van der Waals surface area (Å²) in [4.78, 5) is 62.7. The van der Waals surface area contributed by atoms with Crippen LogP contribution in [0.15, 0.2) is 40.9 Å². The Morgan fingerprint density at radius 3 is 2.43 bits per heavy atom. The van der Waals surface area contributed by atoms with Crippen molar-refractivity contribution in [1.29, 1.82) is 0 Å². The quantitative estimate of drug-likeness (QED) is 0.305. The highest BCUT2D eigenvalue weighted by Crippen LogP contribution is 2.16. The van der Waals surface area contributed by atoms with Crippen molar-refractivity contribution in [3.8, 4) is 0 Å². The molecule has 0 unspecified atom stereocenters. The Labute approximate surface area is 215 Å². The van der Waals surface area contributed by atoms with Crippen LogP contribution in [0.4, 0.5) is 0 Å². The zero-order valence-electron chi connectivity index (χ0n) is 21.2. The molecule has 4 amide bonds. The molecule has 1 aliphatic rings. The highest BCUT2D eigenvalue weighted by molar-refractivity contribution is 5.97. The van der Waals surface area contributed by atoms with Gasteiger partial charge in [-0.05, 0) is 31.2 Å². The SMILES string of the molecule is Cc1cc(C(=O)N[C@H](C(=O)N[C@@H](Cc2ccccc2)C(=O)N[C@H](C=O)C[C@@H]2CCNC2=O)C(C)C)no1. The lowest BCUT2D eigenvalue weighted by Crippen LogP contribution is -2.57. The molecule has 0 bridgehead atoms. The van der Waals surface area contributed by atoms with Crippen molar-refractivity contribution in [3.05, 3.63) is 53.4 Å². The largest absolute Gasteiger partial charge is 0.361 e. The van der Waals surface area contributed by atoms with E-state index in [4.69, 9.17) is 4.52 Å². The van der Waals surface area contributed by atoms with Crippen LogP contribution in [0.2, 0.25) is 0 Å². The molecule has 198 valence electrons. The third kappa shape index (κ3) is 7.73. The van der Waals surface area contributed by atoms with E-state index in [1.807, 2.05) is 30.3 Å². The minimum atomic E-state index is -1.03. The summed E-state index contributed by atoms with van der Waals surface area (Å²) in [6, 6.07) is 7.70. The fourth-order valence-corrected chi connectivity index (χ4v) is 4.15. The molecule has 1 aromatic heterocycles. The molecular formula is C26H33N5O6. The predicted octanol–water partition coefficient (Wildman–Crippen LogP) is 0.675. The first-order valence-electron chi connectivity index (χ1n) is 12.3. The maximum Gasteiger partial charge on any atom is 0.274 e. The molecule has 11 heteroatoms. The fraction of sp³-hybridized carbons (Fsp3) is 0.462. The minimum absolute atomic E-state index is 0.0410. The Morgan fingerprint density at radius 1 is 1.14 bits per heavy atom. The smallest absolute Gasteiger partial charge is 0.274 e. The molecule has 2 heterocycles. The molecule has 1 saturated heterocycles. The van der Waals surface area contributed by atoms with Crippen LogP contribution >= 0.6 is 0 Å². The zero-order valence-corrected chi connectivity index (χ0v) is 21.2. The van der Waals surface area contributed by atoms with E-state index in [1.54, 1.807) is 20.8 Å². The Hall–Kier alpha value is -4.02. The standard InChI is InChI=1S/C26H33N5O6/c1-15(2)22(30-25(35)21-11-16(3)37-31-21)26(36)29-20(12-17-7-5-4-6-8-17)24(34)28-19(14-32)13-18-9-10-27-23(18)33/h4-8,11,14-15,18-20,22H,9-10,12-13H2,1-3H3,(H,27,33)(H,28,34)(H,29,36)(H,30,35)/t18-,19-,20-,22-/m0/s1. The lowest BCUT2D eigenvalue weighted by Gasteiger charge is -2.26. The molecule has 0 aliphatic carbocycles. The van der Waals surface area contributed by atoms with Crippen LogP contribution < -0.4 is 21.3 Å². The fourth-order valence-electron chi connectivity index (χ4n) is 4.15. The highest BCUT2D eigenvalue weighted by atomic mass is 16.5. The zero-order chi connectivity index (χ0) is 26.9. The van der Waals surface area contributed by atoms with E-state index >= 15 is 0 Å². The number of carbonyl (C=O) groups excluding carboxylic acids is 5. The van der Waals surface area contributed by atoms with Gasteiger partial charge in [0.15, 0.2) is 5.69 Å². The lowest BCUT2D eigenvalue weighted by atomic mass is 9.98. The van der Waals surface area contributed by atoms with E-state index in [2.05, 4.69) is 26.4 Å².